The lowest BCUT2D eigenvalue weighted by molar-refractivity contribution is 0.364. The van der Waals surface area contributed by atoms with Crippen LogP contribution in [0.5, 0.6) is 0 Å². The maximum absolute atomic E-state index is 5.29. The first-order chi connectivity index (χ1) is 9.40. The van der Waals surface area contributed by atoms with Crippen LogP contribution < -0.4 is 5.32 Å². The van der Waals surface area contributed by atoms with Gasteiger partial charge in [-0.3, -0.25) is 4.98 Å². The molecule has 1 aliphatic rings. The van der Waals surface area contributed by atoms with Crippen LogP contribution in [0.15, 0.2) is 29.0 Å². The molecule has 1 unspecified atom stereocenters. The van der Waals surface area contributed by atoms with E-state index in [9.17, 15) is 0 Å². The first-order valence-electron chi connectivity index (χ1n) is 6.84. The van der Waals surface area contributed by atoms with E-state index in [1.807, 2.05) is 18.3 Å². The van der Waals surface area contributed by atoms with Crippen LogP contribution in [-0.4, -0.2) is 27.7 Å². The van der Waals surface area contributed by atoms with Crippen LogP contribution in [0.4, 0.5) is 0 Å². The molecule has 0 amide bonds. The second kappa shape index (κ2) is 5.93. The van der Waals surface area contributed by atoms with Crippen molar-refractivity contribution in [3.05, 3.63) is 41.8 Å². The van der Waals surface area contributed by atoms with Gasteiger partial charge in [-0.25, -0.2) is 0 Å². The van der Waals surface area contributed by atoms with Gasteiger partial charge in [0.2, 0.25) is 5.89 Å². The fourth-order valence-electron chi connectivity index (χ4n) is 2.45. The lowest BCUT2D eigenvalue weighted by Crippen LogP contribution is -2.21. The minimum absolute atomic E-state index is 0.619. The molecule has 0 spiro atoms. The van der Waals surface area contributed by atoms with Gasteiger partial charge in [0.25, 0.3) is 0 Å². The molecule has 1 N–H and O–H groups in total. The van der Waals surface area contributed by atoms with Crippen LogP contribution in [0.3, 0.4) is 0 Å². The van der Waals surface area contributed by atoms with Crippen LogP contribution >= 0.6 is 0 Å². The molecular weight excluding hydrogens is 240 g/mol. The van der Waals surface area contributed by atoms with Crippen LogP contribution in [0.1, 0.15) is 36.5 Å². The number of pyridine rings is 1. The minimum Gasteiger partial charge on any atom is -0.339 e. The maximum Gasteiger partial charge on any atom is 0.226 e. The molecule has 19 heavy (non-hydrogen) atoms. The molecular formula is C14H18N4O. The van der Waals surface area contributed by atoms with Crippen LogP contribution in [0.2, 0.25) is 0 Å². The summed E-state index contributed by atoms with van der Waals surface area (Å²) in [5, 5.41) is 7.50. The molecule has 0 aromatic carbocycles. The van der Waals surface area contributed by atoms with Crippen molar-refractivity contribution in [1.29, 1.82) is 0 Å². The van der Waals surface area contributed by atoms with E-state index in [0.29, 0.717) is 12.5 Å². The van der Waals surface area contributed by atoms with E-state index >= 15 is 0 Å². The minimum atomic E-state index is 0.619. The van der Waals surface area contributed by atoms with E-state index in [1.165, 1.54) is 12.8 Å². The SMILES string of the molecule is c1cncc(Cc2noc(CCC3CCCN3)n2)c1. The fourth-order valence-corrected chi connectivity index (χ4v) is 2.45. The summed E-state index contributed by atoms with van der Waals surface area (Å²) in [6.45, 7) is 1.14. The number of hydrogen-bond acceptors (Lipinski definition) is 5. The van der Waals surface area contributed by atoms with E-state index in [2.05, 4.69) is 20.4 Å². The Kier molecular flexibility index (Phi) is 3.83. The van der Waals surface area contributed by atoms with Crippen molar-refractivity contribution in [1.82, 2.24) is 20.4 Å². The van der Waals surface area contributed by atoms with Gasteiger partial charge in [-0.1, -0.05) is 11.2 Å². The lowest BCUT2D eigenvalue weighted by Gasteiger charge is -2.06. The molecule has 2 aromatic rings. The van der Waals surface area contributed by atoms with E-state index in [0.717, 1.165) is 36.7 Å². The highest BCUT2D eigenvalue weighted by molar-refractivity contribution is 5.13. The van der Waals surface area contributed by atoms with Crippen molar-refractivity contribution < 1.29 is 4.52 Å². The first kappa shape index (κ1) is 12.3. The van der Waals surface area contributed by atoms with Crippen LogP contribution in [-0.2, 0) is 12.8 Å². The van der Waals surface area contributed by atoms with Gasteiger partial charge in [-0.2, -0.15) is 4.98 Å². The van der Waals surface area contributed by atoms with Crippen molar-refractivity contribution in [3.63, 3.8) is 0 Å². The third-order valence-electron chi connectivity index (χ3n) is 3.46. The Labute approximate surface area is 112 Å². The lowest BCUT2D eigenvalue weighted by atomic mass is 10.1. The van der Waals surface area contributed by atoms with Gasteiger partial charge in [0.05, 0.1) is 0 Å². The summed E-state index contributed by atoms with van der Waals surface area (Å²) in [4.78, 5) is 8.51. The topological polar surface area (TPSA) is 63.8 Å². The first-order valence-corrected chi connectivity index (χ1v) is 6.84. The third kappa shape index (κ3) is 3.38. The third-order valence-corrected chi connectivity index (χ3v) is 3.46. The largest absolute Gasteiger partial charge is 0.339 e. The Hall–Kier alpha value is -1.75. The van der Waals surface area contributed by atoms with E-state index < -0.39 is 0 Å². The van der Waals surface area contributed by atoms with E-state index in [-0.39, 0.29) is 0 Å². The summed E-state index contributed by atoms with van der Waals surface area (Å²) in [6.07, 6.45) is 8.75. The molecule has 100 valence electrons. The molecule has 0 aliphatic carbocycles. The smallest absolute Gasteiger partial charge is 0.226 e. The normalized spacial score (nSPS) is 18.8. The molecule has 0 saturated carbocycles. The zero-order valence-corrected chi connectivity index (χ0v) is 10.9. The molecule has 0 radical (unpaired) electrons. The van der Waals surface area contributed by atoms with Crippen molar-refractivity contribution in [2.45, 2.75) is 38.1 Å². The predicted molar refractivity (Wildman–Crippen MR) is 70.7 cm³/mol. The number of aromatic nitrogens is 3. The van der Waals surface area contributed by atoms with Gasteiger partial charge in [0.1, 0.15) is 0 Å². The summed E-state index contributed by atoms with van der Waals surface area (Å²) in [7, 11) is 0. The van der Waals surface area contributed by atoms with Gasteiger partial charge in [0, 0.05) is 31.3 Å². The van der Waals surface area contributed by atoms with Crippen molar-refractivity contribution in [2.75, 3.05) is 6.54 Å². The molecule has 0 bridgehead atoms. The molecule has 1 aliphatic heterocycles. The van der Waals surface area contributed by atoms with Gasteiger partial charge in [0.15, 0.2) is 5.82 Å². The number of rotatable bonds is 5. The molecule has 2 aromatic heterocycles. The highest BCUT2D eigenvalue weighted by Gasteiger charge is 2.15. The highest BCUT2D eigenvalue weighted by atomic mass is 16.5. The molecule has 3 rings (SSSR count). The number of nitrogens with zero attached hydrogens (tertiary/aromatic N) is 3. The quantitative estimate of drug-likeness (QED) is 0.885. The molecule has 3 heterocycles. The Morgan fingerprint density at radius 3 is 3.21 bits per heavy atom. The number of aryl methyl sites for hydroxylation is 1. The van der Waals surface area contributed by atoms with Crippen LogP contribution in [0.25, 0.3) is 0 Å². The maximum atomic E-state index is 5.29. The summed E-state index contributed by atoms with van der Waals surface area (Å²) < 4.78 is 5.29. The zero-order chi connectivity index (χ0) is 12.9. The molecule has 5 nitrogen and oxygen atoms in total. The summed E-state index contributed by atoms with van der Waals surface area (Å²) in [5.41, 5.74) is 1.10. The molecule has 1 fully saturated rings. The highest BCUT2D eigenvalue weighted by Crippen LogP contribution is 2.12. The number of nitrogens with one attached hydrogen (secondary N) is 1. The molecule has 1 atom stereocenters. The Morgan fingerprint density at radius 2 is 2.42 bits per heavy atom. The Balaban J connectivity index is 1.54. The Morgan fingerprint density at radius 1 is 1.42 bits per heavy atom. The van der Waals surface area contributed by atoms with Gasteiger partial charge < -0.3 is 9.84 Å². The Bertz CT molecular complexity index is 505. The van der Waals surface area contributed by atoms with Gasteiger partial charge >= 0.3 is 0 Å². The average Bonchev–Trinajstić information content (AvgIpc) is 3.09. The van der Waals surface area contributed by atoms with Gasteiger partial charge in [-0.15, -0.1) is 0 Å². The fraction of sp³-hybridized carbons (Fsp3) is 0.500. The second-order valence-corrected chi connectivity index (χ2v) is 4.97. The van der Waals surface area contributed by atoms with Gasteiger partial charge in [-0.05, 0) is 37.4 Å². The van der Waals surface area contributed by atoms with Crippen molar-refractivity contribution in [2.24, 2.45) is 0 Å². The summed E-state index contributed by atoms with van der Waals surface area (Å²) in [5.74, 6) is 1.48. The zero-order valence-electron chi connectivity index (χ0n) is 10.9. The molecule has 5 heteroatoms. The van der Waals surface area contributed by atoms with E-state index in [1.54, 1.807) is 6.20 Å². The monoisotopic (exact) mass is 258 g/mol. The van der Waals surface area contributed by atoms with Crippen LogP contribution in [0, 0.1) is 0 Å². The van der Waals surface area contributed by atoms with E-state index in [4.69, 9.17) is 4.52 Å². The molecule has 1 saturated heterocycles. The average molecular weight is 258 g/mol. The summed E-state index contributed by atoms with van der Waals surface area (Å²) >= 11 is 0. The summed E-state index contributed by atoms with van der Waals surface area (Å²) in [6, 6.07) is 4.56. The van der Waals surface area contributed by atoms with Crippen molar-refractivity contribution >= 4 is 0 Å². The second-order valence-electron chi connectivity index (χ2n) is 4.97. The predicted octanol–water partition coefficient (Wildman–Crippen LogP) is 1.74. The number of hydrogen-bond donors (Lipinski definition) is 1. The standard InChI is InChI=1S/C14H18N4O/c1-3-11(10-15-7-1)9-13-17-14(19-18-13)6-5-12-4-2-8-16-12/h1,3,7,10,12,16H,2,4-6,8-9H2. The van der Waals surface area contributed by atoms with Crippen molar-refractivity contribution in [3.8, 4) is 0 Å².